The van der Waals surface area contributed by atoms with Gasteiger partial charge in [0.15, 0.2) is 11.5 Å². The zero-order chi connectivity index (χ0) is 18.6. The molecule has 0 unspecified atom stereocenters. The molecule has 0 aromatic heterocycles. The van der Waals surface area contributed by atoms with E-state index in [9.17, 15) is 9.59 Å². The SMILES string of the molecule is O=C(Nc1ccccc1C(=O)N1CCCCC1)[C@H]1COc2ccccc2O1. The summed E-state index contributed by atoms with van der Waals surface area (Å²) in [4.78, 5) is 27.4. The van der Waals surface area contributed by atoms with Crippen molar-refractivity contribution < 1.29 is 19.1 Å². The predicted octanol–water partition coefficient (Wildman–Crippen LogP) is 3.09. The summed E-state index contributed by atoms with van der Waals surface area (Å²) in [6.07, 6.45) is 2.43. The summed E-state index contributed by atoms with van der Waals surface area (Å²) in [7, 11) is 0. The molecule has 4 rings (SSSR count). The number of carbonyl (C=O) groups is 2. The third kappa shape index (κ3) is 3.74. The number of piperidine rings is 1. The summed E-state index contributed by atoms with van der Waals surface area (Å²) in [6.45, 7) is 1.65. The van der Waals surface area contributed by atoms with Crippen molar-refractivity contribution >= 4 is 17.5 Å². The minimum atomic E-state index is -0.766. The van der Waals surface area contributed by atoms with E-state index in [1.807, 2.05) is 23.1 Å². The Morgan fingerprint density at radius 2 is 1.63 bits per heavy atom. The number of hydrogen-bond donors (Lipinski definition) is 1. The molecule has 2 aromatic carbocycles. The Bertz CT molecular complexity index is 846. The normalized spacial score (nSPS) is 18.7. The van der Waals surface area contributed by atoms with Crippen molar-refractivity contribution in [2.45, 2.75) is 25.4 Å². The lowest BCUT2D eigenvalue weighted by Gasteiger charge is -2.28. The van der Waals surface area contributed by atoms with Gasteiger partial charge in [-0.05, 0) is 43.5 Å². The van der Waals surface area contributed by atoms with E-state index < -0.39 is 6.10 Å². The monoisotopic (exact) mass is 366 g/mol. The van der Waals surface area contributed by atoms with E-state index in [4.69, 9.17) is 9.47 Å². The van der Waals surface area contributed by atoms with Crippen molar-refractivity contribution in [3.05, 3.63) is 54.1 Å². The van der Waals surface area contributed by atoms with Crippen LogP contribution in [-0.4, -0.2) is 42.5 Å². The van der Waals surface area contributed by atoms with E-state index in [1.54, 1.807) is 30.3 Å². The van der Waals surface area contributed by atoms with Crippen LogP contribution in [0.5, 0.6) is 11.5 Å². The molecule has 0 radical (unpaired) electrons. The minimum Gasteiger partial charge on any atom is -0.485 e. The zero-order valence-electron chi connectivity index (χ0n) is 15.0. The summed E-state index contributed by atoms with van der Waals surface area (Å²) in [5, 5.41) is 2.84. The largest absolute Gasteiger partial charge is 0.485 e. The number of likely N-dealkylation sites (tertiary alicyclic amines) is 1. The van der Waals surface area contributed by atoms with Crippen LogP contribution in [0, 0.1) is 0 Å². The summed E-state index contributed by atoms with van der Waals surface area (Å²) in [6, 6.07) is 14.4. The zero-order valence-corrected chi connectivity index (χ0v) is 15.0. The molecule has 6 nitrogen and oxygen atoms in total. The van der Waals surface area contributed by atoms with Gasteiger partial charge in [-0.3, -0.25) is 9.59 Å². The van der Waals surface area contributed by atoms with Gasteiger partial charge in [0.05, 0.1) is 11.3 Å². The number of para-hydroxylation sites is 3. The van der Waals surface area contributed by atoms with E-state index in [1.165, 1.54) is 0 Å². The third-order valence-corrected chi connectivity index (χ3v) is 4.86. The quantitative estimate of drug-likeness (QED) is 0.906. The van der Waals surface area contributed by atoms with Gasteiger partial charge in [0, 0.05) is 13.1 Å². The van der Waals surface area contributed by atoms with E-state index in [-0.39, 0.29) is 18.4 Å². The first-order chi connectivity index (χ1) is 13.2. The average Bonchev–Trinajstić information content (AvgIpc) is 2.74. The van der Waals surface area contributed by atoms with Crippen LogP contribution in [0.1, 0.15) is 29.6 Å². The molecule has 0 saturated carbocycles. The summed E-state index contributed by atoms with van der Waals surface area (Å²) in [5.41, 5.74) is 1.01. The van der Waals surface area contributed by atoms with Gasteiger partial charge >= 0.3 is 0 Å². The Kier molecular flexibility index (Phi) is 4.96. The van der Waals surface area contributed by atoms with Crippen molar-refractivity contribution in [1.82, 2.24) is 4.90 Å². The summed E-state index contributed by atoms with van der Waals surface area (Å²) < 4.78 is 11.4. The average molecular weight is 366 g/mol. The number of rotatable bonds is 3. The summed E-state index contributed by atoms with van der Waals surface area (Å²) >= 11 is 0. The van der Waals surface area contributed by atoms with Gasteiger partial charge in [0.25, 0.3) is 11.8 Å². The maximum Gasteiger partial charge on any atom is 0.269 e. The third-order valence-electron chi connectivity index (χ3n) is 4.86. The van der Waals surface area contributed by atoms with Gasteiger partial charge in [-0.25, -0.2) is 0 Å². The molecule has 2 aromatic rings. The number of nitrogens with zero attached hydrogens (tertiary/aromatic N) is 1. The number of anilines is 1. The van der Waals surface area contributed by atoms with Crippen LogP contribution in [-0.2, 0) is 4.79 Å². The van der Waals surface area contributed by atoms with Crippen LogP contribution in [0.25, 0.3) is 0 Å². The van der Waals surface area contributed by atoms with Gasteiger partial charge in [-0.1, -0.05) is 24.3 Å². The lowest BCUT2D eigenvalue weighted by atomic mass is 10.1. The molecule has 2 amide bonds. The molecule has 6 heteroatoms. The molecular formula is C21H22N2O4. The second kappa shape index (κ2) is 7.70. The molecular weight excluding hydrogens is 344 g/mol. The lowest BCUT2D eigenvalue weighted by molar-refractivity contribution is -0.125. The number of carbonyl (C=O) groups excluding carboxylic acids is 2. The predicted molar refractivity (Wildman–Crippen MR) is 101 cm³/mol. The molecule has 0 spiro atoms. The number of benzene rings is 2. The number of amides is 2. The van der Waals surface area contributed by atoms with Crippen molar-refractivity contribution in [3.63, 3.8) is 0 Å². The van der Waals surface area contributed by atoms with Crippen molar-refractivity contribution in [2.24, 2.45) is 0 Å². The van der Waals surface area contributed by atoms with Crippen LogP contribution in [0.3, 0.4) is 0 Å². The first-order valence-electron chi connectivity index (χ1n) is 9.30. The number of ether oxygens (including phenoxy) is 2. The van der Waals surface area contributed by atoms with E-state index in [2.05, 4.69) is 5.32 Å². The number of nitrogens with one attached hydrogen (secondary N) is 1. The number of hydrogen-bond acceptors (Lipinski definition) is 4. The standard InChI is InChI=1S/C21H22N2O4/c24-20(19-14-26-17-10-4-5-11-18(17)27-19)22-16-9-3-2-8-15(16)21(25)23-12-6-1-7-13-23/h2-5,8-11,19H,1,6-7,12-14H2,(H,22,24)/t19-/m1/s1. The van der Waals surface area contributed by atoms with Gasteiger partial charge in [0.1, 0.15) is 6.61 Å². The van der Waals surface area contributed by atoms with Gasteiger partial charge in [-0.2, -0.15) is 0 Å². The van der Waals surface area contributed by atoms with Crippen LogP contribution in [0.2, 0.25) is 0 Å². The second-order valence-electron chi connectivity index (χ2n) is 6.75. The maximum absolute atomic E-state index is 12.9. The molecule has 1 fully saturated rings. The number of fused-ring (bicyclic) bond motifs is 1. The van der Waals surface area contributed by atoms with E-state index in [0.717, 1.165) is 32.4 Å². The fraction of sp³-hybridized carbons (Fsp3) is 0.333. The Morgan fingerprint density at radius 3 is 2.44 bits per heavy atom. The minimum absolute atomic E-state index is 0.0447. The fourth-order valence-corrected chi connectivity index (χ4v) is 3.41. The highest BCUT2D eigenvalue weighted by molar-refractivity contribution is 6.04. The maximum atomic E-state index is 12.9. The molecule has 1 N–H and O–H groups in total. The van der Waals surface area contributed by atoms with Crippen LogP contribution < -0.4 is 14.8 Å². The van der Waals surface area contributed by atoms with Crippen molar-refractivity contribution in [2.75, 3.05) is 25.0 Å². The summed E-state index contributed by atoms with van der Waals surface area (Å²) in [5.74, 6) is 0.795. The molecule has 0 aliphatic carbocycles. The Hall–Kier alpha value is -3.02. The first kappa shape index (κ1) is 17.4. The van der Waals surface area contributed by atoms with Crippen molar-refractivity contribution in [1.29, 1.82) is 0 Å². The first-order valence-corrected chi connectivity index (χ1v) is 9.30. The topological polar surface area (TPSA) is 67.9 Å². The molecule has 1 atom stereocenters. The molecule has 140 valence electrons. The van der Waals surface area contributed by atoms with E-state index in [0.29, 0.717) is 22.7 Å². The van der Waals surface area contributed by atoms with Crippen LogP contribution >= 0.6 is 0 Å². The highest BCUT2D eigenvalue weighted by Crippen LogP contribution is 2.31. The highest BCUT2D eigenvalue weighted by atomic mass is 16.6. The molecule has 2 aliphatic heterocycles. The van der Waals surface area contributed by atoms with E-state index >= 15 is 0 Å². The fourth-order valence-electron chi connectivity index (χ4n) is 3.41. The van der Waals surface area contributed by atoms with Gasteiger partial charge < -0.3 is 19.7 Å². The Morgan fingerprint density at radius 1 is 0.926 bits per heavy atom. The van der Waals surface area contributed by atoms with Crippen LogP contribution in [0.4, 0.5) is 5.69 Å². The van der Waals surface area contributed by atoms with Crippen LogP contribution in [0.15, 0.2) is 48.5 Å². The Labute approximate surface area is 158 Å². The molecule has 27 heavy (non-hydrogen) atoms. The Balaban J connectivity index is 1.48. The molecule has 1 saturated heterocycles. The van der Waals surface area contributed by atoms with Gasteiger partial charge in [-0.15, -0.1) is 0 Å². The highest BCUT2D eigenvalue weighted by Gasteiger charge is 2.28. The van der Waals surface area contributed by atoms with Gasteiger partial charge in [0.2, 0.25) is 6.10 Å². The smallest absolute Gasteiger partial charge is 0.269 e. The second-order valence-corrected chi connectivity index (χ2v) is 6.75. The van der Waals surface area contributed by atoms with Crippen molar-refractivity contribution in [3.8, 4) is 11.5 Å². The molecule has 2 aliphatic rings. The molecule has 0 bridgehead atoms. The molecule has 2 heterocycles. The lowest BCUT2D eigenvalue weighted by Crippen LogP contribution is -2.41.